The number of hydrogen-bond donors (Lipinski definition) is 0. The molecule has 108 valence electrons. The van der Waals surface area contributed by atoms with E-state index >= 15 is 0 Å². The molecule has 0 radical (unpaired) electrons. The summed E-state index contributed by atoms with van der Waals surface area (Å²) in [7, 11) is 1.34. The predicted octanol–water partition coefficient (Wildman–Crippen LogP) is 2.25. The molecule has 0 aliphatic heterocycles. The molecule has 1 aromatic carbocycles. The van der Waals surface area contributed by atoms with Gasteiger partial charge in [-0.2, -0.15) is 0 Å². The summed E-state index contributed by atoms with van der Waals surface area (Å²) in [6.07, 6.45) is -3.50. The molecule has 1 atom stereocenters. The van der Waals surface area contributed by atoms with Gasteiger partial charge in [-0.05, 0) is 18.6 Å². The van der Waals surface area contributed by atoms with Crippen LogP contribution in [0.15, 0.2) is 18.2 Å². The number of hydrogen-bond acceptors (Lipinski definition) is 4. The monoisotopic (exact) mass is 284 g/mol. The fourth-order valence-electron chi connectivity index (χ4n) is 2.45. The van der Waals surface area contributed by atoms with E-state index in [9.17, 15) is 18.4 Å². The first-order valence-corrected chi connectivity index (χ1v) is 6.15. The minimum Gasteiger partial charge on any atom is -0.496 e. The van der Waals surface area contributed by atoms with Gasteiger partial charge in [0.2, 0.25) is 0 Å². The number of esters is 1. The molecule has 2 rings (SSSR count). The van der Waals surface area contributed by atoms with Gasteiger partial charge >= 0.3 is 5.97 Å². The Bertz CT molecular complexity index is 556. The number of halogens is 2. The summed E-state index contributed by atoms with van der Waals surface area (Å²) < 4.78 is 36.6. The molecule has 0 saturated heterocycles. The number of ether oxygens (including phenoxy) is 2. The summed E-state index contributed by atoms with van der Waals surface area (Å²) in [5.74, 6) is -1.92. The van der Waals surface area contributed by atoms with E-state index < -0.39 is 23.6 Å². The largest absolute Gasteiger partial charge is 0.496 e. The molecule has 1 aliphatic rings. The third-order valence-electron chi connectivity index (χ3n) is 3.45. The molecule has 0 aromatic heterocycles. The van der Waals surface area contributed by atoms with Crippen molar-refractivity contribution in [1.29, 1.82) is 0 Å². The zero-order valence-corrected chi connectivity index (χ0v) is 11.1. The Hall–Kier alpha value is -1.98. The van der Waals surface area contributed by atoms with Crippen LogP contribution in [0.2, 0.25) is 0 Å². The maximum absolute atomic E-state index is 13.5. The third-order valence-corrected chi connectivity index (χ3v) is 3.45. The molecule has 1 aliphatic carbocycles. The van der Waals surface area contributed by atoms with Crippen molar-refractivity contribution in [2.45, 2.75) is 19.8 Å². The van der Waals surface area contributed by atoms with Crippen molar-refractivity contribution in [3.8, 4) is 5.75 Å². The predicted molar refractivity (Wildman–Crippen MR) is 66.1 cm³/mol. The highest BCUT2D eigenvalue weighted by Gasteiger charge is 2.60. The molecular weight excluding hydrogens is 270 g/mol. The number of carbonyl (C=O) groups is 2. The van der Waals surface area contributed by atoms with Crippen LogP contribution in [0.5, 0.6) is 5.75 Å². The number of fused-ring (bicyclic) bond motifs is 1. The van der Waals surface area contributed by atoms with Crippen molar-refractivity contribution >= 4 is 11.8 Å². The lowest BCUT2D eigenvalue weighted by Gasteiger charge is -2.23. The van der Waals surface area contributed by atoms with E-state index in [1.807, 2.05) is 0 Å². The number of carbonyl (C=O) groups excluding carboxylic acids is 2. The van der Waals surface area contributed by atoms with Crippen molar-refractivity contribution in [2.75, 3.05) is 13.7 Å². The molecule has 1 aromatic rings. The molecular formula is C14H14F2O4. The number of ketones is 1. The van der Waals surface area contributed by atoms with Crippen molar-refractivity contribution in [3.05, 3.63) is 29.3 Å². The minimum atomic E-state index is -3.13. The molecule has 4 nitrogen and oxygen atoms in total. The second-order valence-corrected chi connectivity index (χ2v) is 4.49. The smallest absolute Gasteiger partial charge is 0.326 e. The highest BCUT2D eigenvalue weighted by atomic mass is 19.3. The van der Waals surface area contributed by atoms with Crippen molar-refractivity contribution in [2.24, 2.45) is 5.41 Å². The molecule has 1 unspecified atom stereocenters. The van der Waals surface area contributed by atoms with Gasteiger partial charge in [-0.3, -0.25) is 9.59 Å². The summed E-state index contributed by atoms with van der Waals surface area (Å²) in [5, 5.41) is 0. The number of rotatable bonds is 4. The molecule has 0 fully saturated rings. The minimum absolute atomic E-state index is 0.0448. The second-order valence-electron chi connectivity index (χ2n) is 4.49. The Balaban J connectivity index is 2.55. The molecule has 0 amide bonds. The van der Waals surface area contributed by atoms with E-state index in [-0.39, 0.29) is 24.3 Å². The summed E-state index contributed by atoms with van der Waals surface area (Å²) in [5.41, 5.74) is -2.03. The summed E-state index contributed by atoms with van der Waals surface area (Å²) in [6.45, 7) is 1.44. The lowest BCUT2D eigenvalue weighted by molar-refractivity contribution is -0.159. The van der Waals surface area contributed by atoms with Gasteiger partial charge in [-0.25, -0.2) is 8.78 Å². The summed E-state index contributed by atoms with van der Waals surface area (Å²) in [4.78, 5) is 24.3. The maximum Gasteiger partial charge on any atom is 0.326 e. The first kappa shape index (κ1) is 14.4. The zero-order valence-electron chi connectivity index (χ0n) is 11.1. The fraction of sp³-hybridized carbons (Fsp3) is 0.429. The molecule has 0 bridgehead atoms. The van der Waals surface area contributed by atoms with Gasteiger partial charge in [0, 0.05) is 6.42 Å². The van der Waals surface area contributed by atoms with Crippen LogP contribution in [0, 0.1) is 5.41 Å². The van der Waals surface area contributed by atoms with Gasteiger partial charge < -0.3 is 9.47 Å². The Kier molecular flexibility index (Phi) is 3.74. The topological polar surface area (TPSA) is 52.6 Å². The molecule has 20 heavy (non-hydrogen) atoms. The van der Waals surface area contributed by atoms with Crippen LogP contribution < -0.4 is 4.74 Å². The van der Waals surface area contributed by atoms with Crippen LogP contribution in [-0.2, 0) is 16.0 Å². The summed E-state index contributed by atoms with van der Waals surface area (Å²) >= 11 is 0. The Morgan fingerprint density at radius 3 is 2.70 bits per heavy atom. The first-order chi connectivity index (χ1) is 9.48. The standard InChI is InChI=1S/C14H14F2O4/c1-3-20-13(18)14(12(15)16)7-8-5-4-6-9(19-2)10(8)11(14)17/h4-6,12H,3,7H2,1-2H3. The third kappa shape index (κ3) is 1.87. The van der Waals surface area contributed by atoms with Gasteiger partial charge in [0.05, 0.1) is 19.3 Å². The lowest BCUT2D eigenvalue weighted by atomic mass is 9.84. The van der Waals surface area contributed by atoms with Crippen molar-refractivity contribution < 1.29 is 27.8 Å². The molecule has 0 N–H and O–H groups in total. The van der Waals surface area contributed by atoms with Gasteiger partial charge in [0.15, 0.2) is 11.2 Å². The molecule has 0 heterocycles. The Labute approximate surface area is 114 Å². The van der Waals surface area contributed by atoms with E-state index in [4.69, 9.17) is 4.74 Å². The lowest BCUT2D eigenvalue weighted by Crippen LogP contribution is -2.45. The van der Waals surface area contributed by atoms with Gasteiger partial charge in [-0.15, -0.1) is 0 Å². The Morgan fingerprint density at radius 1 is 1.45 bits per heavy atom. The van der Waals surface area contributed by atoms with Crippen LogP contribution >= 0.6 is 0 Å². The number of methoxy groups -OCH3 is 1. The summed E-state index contributed by atoms with van der Waals surface area (Å²) in [6, 6.07) is 4.64. The average molecular weight is 284 g/mol. The molecule has 0 spiro atoms. The van der Waals surface area contributed by atoms with Gasteiger partial charge in [0.25, 0.3) is 6.43 Å². The van der Waals surface area contributed by atoms with E-state index in [2.05, 4.69) is 4.74 Å². The van der Waals surface area contributed by atoms with Gasteiger partial charge in [0.1, 0.15) is 5.75 Å². The number of benzene rings is 1. The second kappa shape index (κ2) is 5.19. The van der Waals surface area contributed by atoms with E-state index in [1.54, 1.807) is 12.1 Å². The SMILES string of the molecule is CCOC(=O)C1(C(F)F)Cc2cccc(OC)c2C1=O. The molecule has 6 heteroatoms. The van der Waals surface area contributed by atoms with E-state index in [1.165, 1.54) is 20.1 Å². The fourth-order valence-corrected chi connectivity index (χ4v) is 2.45. The van der Waals surface area contributed by atoms with Crippen LogP contribution in [0.25, 0.3) is 0 Å². The van der Waals surface area contributed by atoms with Crippen LogP contribution in [0.4, 0.5) is 8.78 Å². The van der Waals surface area contributed by atoms with Crippen LogP contribution in [-0.4, -0.2) is 31.9 Å². The highest BCUT2D eigenvalue weighted by Crippen LogP contribution is 2.45. The normalized spacial score (nSPS) is 20.9. The van der Waals surface area contributed by atoms with Crippen molar-refractivity contribution in [1.82, 2.24) is 0 Å². The van der Waals surface area contributed by atoms with E-state index in [0.717, 1.165) is 0 Å². The van der Waals surface area contributed by atoms with Gasteiger partial charge in [-0.1, -0.05) is 12.1 Å². The number of alkyl halides is 2. The molecule has 0 saturated carbocycles. The zero-order chi connectivity index (χ0) is 14.9. The van der Waals surface area contributed by atoms with Crippen molar-refractivity contribution in [3.63, 3.8) is 0 Å². The van der Waals surface area contributed by atoms with E-state index in [0.29, 0.717) is 5.56 Å². The van der Waals surface area contributed by atoms with Crippen LogP contribution in [0.3, 0.4) is 0 Å². The van der Waals surface area contributed by atoms with Crippen LogP contribution in [0.1, 0.15) is 22.8 Å². The number of Topliss-reactive ketones (excluding diaryl/α,β-unsaturated/α-hetero) is 1. The maximum atomic E-state index is 13.5. The first-order valence-electron chi connectivity index (χ1n) is 6.15. The Morgan fingerprint density at radius 2 is 2.15 bits per heavy atom. The average Bonchev–Trinajstić information content (AvgIpc) is 2.73. The highest BCUT2D eigenvalue weighted by molar-refractivity contribution is 6.17. The quantitative estimate of drug-likeness (QED) is 0.628.